The largest absolute Gasteiger partial charge is 0.469 e. The number of aromatic nitrogens is 2. The van der Waals surface area contributed by atoms with Gasteiger partial charge in [0.15, 0.2) is 0 Å². The van der Waals surface area contributed by atoms with Gasteiger partial charge in [0.1, 0.15) is 0 Å². The maximum atomic E-state index is 11.1. The van der Waals surface area contributed by atoms with Crippen molar-refractivity contribution >= 4 is 5.97 Å². The molecule has 0 atom stereocenters. The Morgan fingerprint density at radius 3 is 2.71 bits per heavy atom. The number of carbonyl (C=O) groups excluding carboxylic acids is 1. The van der Waals surface area contributed by atoms with E-state index in [9.17, 15) is 4.79 Å². The molecule has 96 valence electrons. The number of aryl methyl sites for hydroxylation is 2. The van der Waals surface area contributed by atoms with E-state index in [1.54, 1.807) is 0 Å². The molecule has 0 radical (unpaired) electrons. The van der Waals surface area contributed by atoms with Gasteiger partial charge in [-0.05, 0) is 32.3 Å². The number of rotatable bonds is 6. The van der Waals surface area contributed by atoms with Gasteiger partial charge in [-0.1, -0.05) is 13.3 Å². The van der Waals surface area contributed by atoms with Gasteiger partial charge >= 0.3 is 5.97 Å². The first-order chi connectivity index (χ1) is 8.10. The smallest absolute Gasteiger partial charge is 0.305 e. The second-order valence-electron chi connectivity index (χ2n) is 4.30. The molecule has 17 heavy (non-hydrogen) atoms. The number of carbonyl (C=O) groups is 1. The zero-order chi connectivity index (χ0) is 12.8. The molecule has 1 rings (SSSR count). The number of hydrogen-bond donors (Lipinski definition) is 0. The molecule has 0 aliphatic carbocycles. The van der Waals surface area contributed by atoms with E-state index in [1.165, 1.54) is 18.4 Å². The first-order valence-corrected chi connectivity index (χ1v) is 6.19. The molecule has 1 heterocycles. The zero-order valence-electron chi connectivity index (χ0n) is 11.2. The van der Waals surface area contributed by atoms with Gasteiger partial charge in [0, 0.05) is 18.7 Å². The molecule has 0 aliphatic rings. The van der Waals surface area contributed by atoms with Crippen LogP contribution in [0.15, 0.2) is 0 Å². The number of nitrogens with zero attached hydrogens (tertiary/aromatic N) is 2. The molecule has 0 unspecified atom stereocenters. The lowest BCUT2D eigenvalue weighted by molar-refractivity contribution is -0.140. The van der Waals surface area contributed by atoms with Crippen molar-refractivity contribution in [3.63, 3.8) is 0 Å². The Morgan fingerprint density at radius 2 is 2.12 bits per heavy atom. The van der Waals surface area contributed by atoms with Crippen molar-refractivity contribution in [1.29, 1.82) is 0 Å². The molecule has 4 nitrogen and oxygen atoms in total. The van der Waals surface area contributed by atoms with Gasteiger partial charge in [-0.25, -0.2) is 0 Å². The molecule has 0 saturated heterocycles. The number of ether oxygens (including phenoxy) is 1. The van der Waals surface area contributed by atoms with Crippen molar-refractivity contribution in [2.24, 2.45) is 0 Å². The van der Waals surface area contributed by atoms with Crippen LogP contribution in [-0.2, 0) is 22.5 Å². The lowest BCUT2D eigenvalue weighted by Gasteiger charge is -2.04. The maximum absolute atomic E-state index is 11.1. The minimum Gasteiger partial charge on any atom is -0.469 e. The number of unbranched alkanes of at least 4 members (excludes halogenated alkanes) is 1. The molecule has 0 aromatic carbocycles. The molecule has 0 N–H and O–H groups in total. The topological polar surface area (TPSA) is 44.1 Å². The van der Waals surface area contributed by atoms with E-state index >= 15 is 0 Å². The standard InChI is InChI=1S/C13H22N2O2/c1-5-6-9-15-11(3)12(10(2)14-15)7-8-13(16)17-4/h5-9H2,1-4H3. The summed E-state index contributed by atoms with van der Waals surface area (Å²) >= 11 is 0. The third-order valence-corrected chi connectivity index (χ3v) is 3.06. The van der Waals surface area contributed by atoms with Gasteiger partial charge in [0.2, 0.25) is 0 Å². The van der Waals surface area contributed by atoms with Crippen molar-refractivity contribution in [2.75, 3.05) is 7.11 Å². The quantitative estimate of drug-likeness (QED) is 0.715. The summed E-state index contributed by atoms with van der Waals surface area (Å²) < 4.78 is 6.70. The summed E-state index contributed by atoms with van der Waals surface area (Å²) in [5, 5.41) is 4.52. The highest BCUT2D eigenvalue weighted by atomic mass is 16.5. The lowest BCUT2D eigenvalue weighted by atomic mass is 10.1. The highest BCUT2D eigenvalue weighted by Crippen LogP contribution is 2.16. The van der Waals surface area contributed by atoms with Crippen LogP contribution < -0.4 is 0 Å². The SMILES string of the molecule is CCCCn1nc(C)c(CCC(=O)OC)c1C. The fourth-order valence-electron chi connectivity index (χ4n) is 1.95. The summed E-state index contributed by atoms with van der Waals surface area (Å²) in [6.45, 7) is 7.20. The van der Waals surface area contributed by atoms with Gasteiger partial charge in [-0.2, -0.15) is 5.10 Å². The molecule has 0 aliphatic heterocycles. The van der Waals surface area contributed by atoms with Crippen molar-refractivity contribution in [3.05, 3.63) is 17.0 Å². The molecule has 4 heteroatoms. The highest BCUT2D eigenvalue weighted by molar-refractivity contribution is 5.69. The van der Waals surface area contributed by atoms with Crippen LogP contribution >= 0.6 is 0 Å². The molecule has 0 fully saturated rings. The van der Waals surface area contributed by atoms with Gasteiger partial charge in [-0.15, -0.1) is 0 Å². The van der Waals surface area contributed by atoms with Crippen LogP contribution in [0.4, 0.5) is 0 Å². The third kappa shape index (κ3) is 3.58. The van der Waals surface area contributed by atoms with E-state index in [0.29, 0.717) is 6.42 Å². The summed E-state index contributed by atoms with van der Waals surface area (Å²) in [5.41, 5.74) is 3.40. The summed E-state index contributed by atoms with van der Waals surface area (Å²) in [5.74, 6) is -0.162. The molecule has 0 amide bonds. The minimum absolute atomic E-state index is 0.162. The summed E-state index contributed by atoms with van der Waals surface area (Å²) in [7, 11) is 1.42. The number of esters is 1. The normalized spacial score (nSPS) is 10.6. The van der Waals surface area contributed by atoms with E-state index < -0.39 is 0 Å². The molecular weight excluding hydrogens is 216 g/mol. The van der Waals surface area contributed by atoms with Gasteiger partial charge in [0.25, 0.3) is 0 Å². The van der Waals surface area contributed by atoms with Crippen molar-refractivity contribution in [2.45, 2.75) is 53.0 Å². The minimum atomic E-state index is -0.162. The molecule has 0 spiro atoms. The van der Waals surface area contributed by atoms with Gasteiger partial charge in [0.05, 0.1) is 12.8 Å². The van der Waals surface area contributed by atoms with Crippen LogP contribution in [-0.4, -0.2) is 22.9 Å². The lowest BCUT2D eigenvalue weighted by Crippen LogP contribution is -2.04. The van der Waals surface area contributed by atoms with E-state index in [2.05, 4.69) is 23.7 Å². The fourth-order valence-corrected chi connectivity index (χ4v) is 1.95. The van der Waals surface area contributed by atoms with Crippen LogP contribution in [0.25, 0.3) is 0 Å². The monoisotopic (exact) mass is 238 g/mol. The Labute approximate surface area is 103 Å². The summed E-state index contributed by atoms with van der Waals surface area (Å²) in [6, 6.07) is 0. The zero-order valence-corrected chi connectivity index (χ0v) is 11.2. The number of methoxy groups -OCH3 is 1. The Bertz CT molecular complexity index is 383. The van der Waals surface area contributed by atoms with Crippen LogP contribution in [0, 0.1) is 13.8 Å². The summed E-state index contributed by atoms with van der Waals surface area (Å²) in [6.07, 6.45) is 3.45. The Balaban J connectivity index is 2.71. The average Bonchev–Trinajstić information content (AvgIpc) is 2.59. The Kier molecular flexibility index (Phi) is 5.19. The summed E-state index contributed by atoms with van der Waals surface area (Å²) in [4.78, 5) is 11.1. The van der Waals surface area contributed by atoms with Gasteiger partial charge in [-0.3, -0.25) is 9.48 Å². The van der Waals surface area contributed by atoms with E-state index in [-0.39, 0.29) is 5.97 Å². The Morgan fingerprint density at radius 1 is 1.41 bits per heavy atom. The highest BCUT2D eigenvalue weighted by Gasteiger charge is 2.12. The Hall–Kier alpha value is -1.32. The van der Waals surface area contributed by atoms with Crippen LogP contribution in [0.2, 0.25) is 0 Å². The predicted molar refractivity (Wildman–Crippen MR) is 66.9 cm³/mol. The fraction of sp³-hybridized carbons (Fsp3) is 0.692. The van der Waals surface area contributed by atoms with E-state index in [0.717, 1.165) is 31.5 Å². The average molecular weight is 238 g/mol. The first kappa shape index (κ1) is 13.7. The van der Waals surface area contributed by atoms with Crippen LogP contribution in [0.3, 0.4) is 0 Å². The first-order valence-electron chi connectivity index (χ1n) is 6.19. The maximum Gasteiger partial charge on any atom is 0.305 e. The molecule has 1 aromatic heterocycles. The van der Waals surface area contributed by atoms with Gasteiger partial charge < -0.3 is 4.74 Å². The van der Waals surface area contributed by atoms with E-state index in [4.69, 9.17) is 0 Å². The second kappa shape index (κ2) is 6.42. The molecule has 0 saturated carbocycles. The van der Waals surface area contributed by atoms with Crippen LogP contribution in [0.1, 0.15) is 43.1 Å². The van der Waals surface area contributed by atoms with Crippen LogP contribution in [0.5, 0.6) is 0 Å². The molecule has 0 bridgehead atoms. The number of hydrogen-bond acceptors (Lipinski definition) is 3. The molecular formula is C13H22N2O2. The predicted octanol–water partition coefficient (Wildman–Crippen LogP) is 2.41. The van der Waals surface area contributed by atoms with Crippen molar-refractivity contribution in [1.82, 2.24) is 9.78 Å². The van der Waals surface area contributed by atoms with Crippen molar-refractivity contribution in [3.8, 4) is 0 Å². The third-order valence-electron chi connectivity index (χ3n) is 3.06. The van der Waals surface area contributed by atoms with Crippen molar-refractivity contribution < 1.29 is 9.53 Å². The molecule has 1 aromatic rings. The van der Waals surface area contributed by atoms with E-state index in [1.807, 2.05) is 11.6 Å². The second-order valence-corrected chi connectivity index (χ2v) is 4.30.